The first kappa shape index (κ1) is 7.99. The summed E-state index contributed by atoms with van der Waals surface area (Å²) < 4.78 is 0. The summed E-state index contributed by atoms with van der Waals surface area (Å²) >= 11 is 1.96. The van der Waals surface area contributed by atoms with Crippen LogP contribution in [0.3, 0.4) is 0 Å². The highest BCUT2D eigenvalue weighted by Gasteiger charge is 2.24. The van der Waals surface area contributed by atoms with Crippen LogP contribution in [0, 0.1) is 0 Å². The molecule has 1 aliphatic heterocycles. The van der Waals surface area contributed by atoms with Gasteiger partial charge in [0.25, 0.3) is 0 Å². The van der Waals surface area contributed by atoms with Gasteiger partial charge in [-0.05, 0) is 23.6 Å². The van der Waals surface area contributed by atoms with Crippen LogP contribution in [0.5, 0.6) is 5.75 Å². The molecule has 1 saturated heterocycles. The van der Waals surface area contributed by atoms with E-state index in [0.717, 1.165) is 12.0 Å². The Morgan fingerprint density at radius 1 is 1.58 bits per heavy atom. The molecule has 2 rings (SSSR count). The minimum Gasteiger partial charge on any atom is -0.508 e. The summed E-state index contributed by atoms with van der Waals surface area (Å²) in [4.78, 5) is 0. The highest BCUT2D eigenvalue weighted by atomic mass is 32.2. The second-order valence-electron chi connectivity index (χ2n) is 3.06. The first-order chi connectivity index (χ1) is 5.81. The first-order valence-electron chi connectivity index (χ1n) is 4.24. The second-order valence-corrected chi connectivity index (χ2v) is 4.30. The van der Waals surface area contributed by atoms with Crippen LogP contribution in [0.25, 0.3) is 0 Å². The number of aryl methyl sites for hydroxylation is 1. The van der Waals surface area contributed by atoms with E-state index < -0.39 is 0 Å². The van der Waals surface area contributed by atoms with Crippen molar-refractivity contribution < 1.29 is 5.11 Å². The zero-order chi connectivity index (χ0) is 8.55. The van der Waals surface area contributed by atoms with Gasteiger partial charge in [-0.15, -0.1) is 0 Å². The first-order valence-corrected chi connectivity index (χ1v) is 5.29. The normalized spacial score (nSPS) is 20.9. The molecule has 1 atom stereocenters. The van der Waals surface area contributed by atoms with Crippen molar-refractivity contribution in [1.82, 2.24) is 0 Å². The molecule has 1 heterocycles. The summed E-state index contributed by atoms with van der Waals surface area (Å²) in [6.45, 7) is 2.07. The van der Waals surface area contributed by atoms with E-state index in [9.17, 15) is 5.11 Å². The monoisotopic (exact) mass is 180 g/mol. The number of aromatic hydroxyl groups is 1. The van der Waals surface area contributed by atoms with Crippen LogP contribution in [0.4, 0.5) is 0 Å². The van der Waals surface area contributed by atoms with Crippen LogP contribution in [0.1, 0.15) is 23.3 Å². The number of benzene rings is 1. The zero-order valence-corrected chi connectivity index (χ0v) is 7.90. The fourth-order valence-corrected chi connectivity index (χ4v) is 1.96. The molecule has 1 aliphatic rings. The van der Waals surface area contributed by atoms with E-state index in [1.165, 1.54) is 11.3 Å². The molecule has 1 nitrogen and oxygen atoms in total. The third-order valence-electron chi connectivity index (χ3n) is 2.19. The average Bonchev–Trinajstić information content (AvgIpc) is 2.88. The number of hydrogen-bond donors (Lipinski definition) is 1. The van der Waals surface area contributed by atoms with E-state index in [-0.39, 0.29) is 0 Å². The van der Waals surface area contributed by atoms with Crippen LogP contribution < -0.4 is 0 Å². The molecule has 1 aromatic rings. The molecule has 12 heavy (non-hydrogen) atoms. The number of rotatable bonds is 2. The maximum Gasteiger partial charge on any atom is 0.118 e. The number of phenols is 1. The van der Waals surface area contributed by atoms with E-state index in [0.29, 0.717) is 11.0 Å². The number of hydrogen-bond acceptors (Lipinski definition) is 2. The molecule has 1 fully saturated rings. The standard InChI is InChI=1S/C10H12OS/c1-2-7-5-8(10-6-12-10)3-4-9(7)11/h3-5,10-11H,2,6H2,1H3. The smallest absolute Gasteiger partial charge is 0.118 e. The Kier molecular flexibility index (Phi) is 2.01. The number of thioether (sulfide) groups is 1. The van der Waals surface area contributed by atoms with E-state index in [1.54, 1.807) is 0 Å². The SMILES string of the molecule is CCc1cc(C2CS2)ccc1O. The number of phenolic OH excluding ortho intramolecular Hbond substituents is 1. The molecular formula is C10H12OS. The summed E-state index contributed by atoms with van der Waals surface area (Å²) in [6, 6.07) is 5.96. The molecular weight excluding hydrogens is 168 g/mol. The minimum absolute atomic E-state index is 0.437. The van der Waals surface area contributed by atoms with Crippen LogP contribution >= 0.6 is 11.8 Å². The van der Waals surface area contributed by atoms with Crippen molar-refractivity contribution in [3.05, 3.63) is 29.3 Å². The third-order valence-corrected chi connectivity index (χ3v) is 3.13. The lowest BCUT2D eigenvalue weighted by molar-refractivity contribution is 0.468. The van der Waals surface area contributed by atoms with Gasteiger partial charge in [0.1, 0.15) is 5.75 Å². The Morgan fingerprint density at radius 3 is 2.92 bits per heavy atom. The maximum absolute atomic E-state index is 9.43. The second kappa shape index (κ2) is 3.02. The fourth-order valence-electron chi connectivity index (χ4n) is 1.33. The Labute approximate surface area is 76.8 Å². The molecule has 0 aliphatic carbocycles. The van der Waals surface area contributed by atoms with Gasteiger partial charge in [-0.25, -0.2) is 0 Å². The summed E-state index contributed by atoms with van der Waals surface area (Å²) in [7, 11) is 0. The summed E-state index contributed by atoms with van der Waals surface area (Å²) in [5.41, 5.74) is 2.44. The molecule has 64 valence electrons. The van der Waals surface area contributed by atoms with Gasteiger partial charge in [0, 0.05) is 11.0 Å². The Bertz CT molecular complexity index is 292. The molecule has 0 saturated carbocycles. The molecule has 0 amide bonds. The summed E-state index contributed by atoms with van der Waals surface area (Å²) in [5, 5.41) is 10.1. The Hall–Kier alpha value is -0.630. The highest BCUT2D eigenvalue weighted by molar-refractivity contribution is 8.06. The lowest BCUT2D eigenvalue weighted by atomic mass is 10.1. The van der Waals surface area contributed by atoms with Crippen molar-refractivity contribution in [2.24, 2.45) is 0 Å². The molecule has 0 spiro atoms. The van der Waals surface area contributed by atoms with E-state index in [4.69, 9.17) is 0 Å². The van der Waals surface area contributed by atoms with Crippen molar-refractivity contribution in [2.45, 2.75) is 18.6 Å². The predicted octanol–water partition coefficient (Wildman–Crippen LogP) is 2.74. The molecule has 1 N–H and O–H groups in total. The zero-order valence-electron chi connectivity index (χ0n) is 7.08. The quantitative estimate of drug-likeness (QED) is 0.706. The topological polar surface area (TPSA) is 20.2 Å². The van der Waals surface area contributed by atoms with Crippen LogP contribution in [-0.2, 0) is 6.42 Å². The van der Waals surface area contributed by atoms with Gasteiger partial charge in [-0.1, -0.05) is 19.1 Å². The van der Waals surface area contributed by atoms with Gasteiger partial charge in [0.15, 0.2) is 0 Å². The lowest BCUT2D eigenvalue weighted by Crippen LogP contribution is -1.85. The summed E-state index contributed by atoms with van der Waals surface area (Å²) in [5.74, 6) is 1.68. The van der Waals surface area contributed by atoms with Crippen molar-refractivity contribution in [1.29, 1.82) is 0 Å². The Morgan fingerprint density at radius 2 is 2.33 bits per heavy atom. The van der Waals surface area contributed by atoms with Gasteiger partial charge >= 0.3 is 0 Å². The van der Waals surface area contributed by atoms with E-state index >= 15 is 0 Å². The Balaban J connectivity index is 2.33. The van der Waals surface area contributed by atoms with E-state index in [1.807, 2.05) is 23.9 Å². The molecule has 2 heteroatoms. The van der Waals surface area contributed by atoms with Crippen molar-refractivity contribution in [2.75, 3.05) is 5.75 Å². The largest absolute Gasteiger partial charge is 0.508 e. The van der Waals surface area contributed by atoms with Gasteiger partial charge in [-0.3, -0.25) is 0 Å². The van der Waals surface area contributed by atoms with Gasteiger partial charge < -0.3 is 5.11 Å². The minimum atomic E-state index is 0.437. The van der Waals surface area contributed by atoms with Crippen LogP contribution in [-0.4, -0.2) is 10.9 Å². The molecule has 0 radical (unpaired) electrons. The van der Waals surface area contributed by atoms with E-state index in [2.05, 4.69) is 13.0 Å². The highest BCUT2D eigenvalue weighted by Crippen LogP contribution is 2.46. The van der Waals surface area contributed by atoms with Crippen molar-refractivity contribution in [3.63, 3.8) is 0 Å². The fraction of sp³-hybridized carbons (Fsp3) is 0.400. The maximum atomic E-state index is 9.43. The van der Waals surface area contributed by atoms with Crippen LogP contribution in [0.2, 0.25) is 0 Å². The van der Waals surface area contributed by atoms with Gasteiger partial charge in [-0.2, -0.15) is 11.8 Å². The predicted molar refractivity (Wildman–Crippen MR) is 52.7 cm³/mol. The molecule has 1 unspecified atom stereocenters. The summed E-state index contributed by atoms with van der Waals surface area (Å²) in [6.07, 6.45) is 0.914. The van der Waals surface area contributed by atoms with Crippen LogP contribution in [0.15, 0.2) is 18.2 Å². The molecule has 0 bridgehead atoms. The average molecular weight is 180 g/mol. The van der Waals surface area contributed by atoms with Gasteiger partial charge in [0.2, 0.25) is 0 Å². The van der Waals surface area contributed by atoms with Crippen molar-refractivity contribution >= 4 is 11.8 Å². The third kappa shape index (κ3) is 1.44. The molecule has 1 aromatic carbocycles. The van der Waals surface area contributed by atoms with Gasteiger partial charge in [0.05, 0.1) is 0 Å². The van der Waals surface area contributed by atoms with Crippen molar-refractivity contribution in [3.8, 4) is 5.75 Å². The molecule has 0 aromatic heterocycles. The lowest BCUT2D eigenvalue weighted by Gasteiger charge is -2.03.